The van der Waals surface area contributed by atoms with Crippen molar-refractivity contribution in [2.24, 2.45) is 11.5 Å². The lowest BCUT2D eigenvalue weighted by molar-refractivity contribution is -0.382. The number of alkyl halides is 9. The molecule has 0 saturated heterocycles. The van der Waals surface area contributed by atoms with Gasteiger partial charge in [-0.05, 0) is 0 Å². The van der Waals surface area contributed by atoms with Crippen molar-refractivity contribution >= 4 is 10.0 Å². The Bertz CT molecular complexity index is 499. The molecule has 0 spiro atoms. The first-order chi connectivity index (χ1) is 10.0. The van der Waals surface area contributed by atoms with Crippen molar-refractivity contribution in [3.8, 4) is 0 Å². The Balaban J connectivity index is 6.12. The zero-order valence-corrected chi connectivity index (χ0v) is 11.9. The molecule has 140 valence electrons. The van der Waals surface area contributed by atoms with Gasteiger partial charge in [-0.2, -0.15) is 43.8 Å². The van der Waals surface area contributed by atoms with E-state index in [1.165, 1.54) is 0 Å². The summed E-state index contributed by atoms with van der Waals surface area (Å²) in [6.45, 7) is -3.47. The van der Waals surface area contributed by atoms with Crippen molar-refractivity contribution in [1.82, 2.24) is 4.31 Å². The fourth-order valence-corrected chi connectivity index (χ4v) is 2.79. The Morgan fingerprint density at radius 1 is 0.739 bits per heavy atom. The van der Waals surface area contributed by atoms with Crippen LogP contribution in [0.15, 0.2) is 0 Å². The Morgan fingerprint density at radius 2 is 1.09 bits per heavy atom. The molecule has 4 N–H and O–H groups in total. The van der Waals surface area contributed by atoms with Gasteiger partial charge in [-0.15, -0.1) is 0 Å². The first-order valence-electron chi connectivity index (χ1n) is 5.62. The van der Waals surface area contributed by atoms with Crippen LogP contribution in [-0.4, -0.2) is 62.2 Å². The molecule has 0 heterocycles. The molecule has 0 saturated carbocycles. The molecule has 0 aromatic rings. The van der Waals surface area contributed by atoms with Crippen molar-refractivity contribution in [2.75, 3.05) is 26.2 Å². The molecule has 0 bridgehead atoms. The molecule has 15 heteroatoms. The van der Waals surface area contributed by atoms with E-state index in [4.69, 9.17) is 11.5 Å². The van der Waals surface area contributed by atoms with Crippen molar-refractivity contribution in [1.29, 1.82) is 0 Å². The Kier molecular flexibility index (Phi) is 6.37. The highest BCUT2D eigenvalue weighted by molar-refractivity contribution is 7.90. The lowest BCUT2D eigenvalue weighted by atomic mass is 10.1. The maximum Gasteiger partial charge on any atom is 0.460 e. The first-order valence-corrected chi connectivity index (χ1v) is 7.06. The molecule has 0 aliphatic heterocycles. The Morgan fingerprint density at radius 3 is 1.35 bits per heavy atom. The number of rotatable bonds is 8. The van der Waals surface area contributed by atoms with E-state index in [1.807, 2.05) is 0 Å². The van der Waals surface area contributed by atoms with Crippen LogP contribution in [0.4, 0.5) is 39.5 Å². The van der Waals surface area contributed by atoms with E-state index < -0.39 is 63.8 Å². The molecule has 0 amide bonds. The van der Waals surface area contributed by atoms with E-state index in [-0.39, 0.29) is 0 Å². The zero-order valence-electron chi connectivity index (χ0n) is 11.1. The summed E-state index contributed by atoms with van der Waals surface area (Å²) in [5.41, 5.74) is 9.71. The van der Waals surface area contributed by atoms with Gasteiger partial charge in [0.05, 0.1) is 0 Å². The summed E-state index contributed by atoms with van der Waals surface area (Å²) in [4.78, 5) is 0. The molecule has 0 fully saturated rings. The summed E-state index contributed by atoms with van der Waals surface area (Å²) >= 11 is 0. The van der Waals surface area contributed by atoms with E-state index >= 15 is 0 Å². The zero-order chi connectivity index (χ0) is 18.9. The number of nitrogens with zero attached hydrogens (tertiary/aromatic N) is 1. The molecule has 0 aromatic carbocycles. The third-order valence-corrected chi connectivity index (χ3v) is 4.49. The Labute approximate surface area is 124 Å². The molecule has 5 nitrogen and oxygen atoms in total. The van der Waals surface area contributed by atoms with Gasteiger partial charge in [0.15, 0.2) is 0 Å². The highest BCUT2D eigenvalue weighted by Gasteiger charge is 2.85. The monoisotopic (exact) mass is 385 g/mol. The smallest absolute Gasteiger partial charge is 0.329 e. The highest BCUT2D eigenvalue weighted by Crippen LogP contribution is 2.55. The van der Waals surface area contributed by atoms with Crippen molar-refractivity contribution in [2.45, 2.75) is 23.3 Å². The van der Waals surface area contributed by atoms with Gasteiger partial charge >= 0.3 is 23.3 Å². The molecule has 0 aliphatic carbocycles. The lowest BCUT2D eigenvalue weighted by Crippen LogP contribution is -2.65. The largest absolute Gasteiger partial charge is 0.460 e. The minimum absolute atomic E-state index is 0.479. The molecule has 0 aliphatic rings. The van der Waals surface area contributed by atoms with Gasteiger partial charge in [0.1, 0.15) is 0 Å². The van der Waals surface area contributed by atoms with E-state index in [9.17, 15) is 47.9 Å². The fraction of sp³-hybridized carbons (Fsp3) is 1.00. The standard InChI is InChI=1S/C8H12F9N3O2S/c9-5(10,7(13,14)15)6(11,12)8(16,17)23(21,22)20(3-1-18)4-2-19/h1-4,18-19H2. The van der Waals surface area contributed by atoms with Crippen molar-refractivity contribution in [3.05, 3.63) is 0 Å². The number of sulfonamides is 1. The minimum atomic E-state index is -7.30. The Hall–Kier alpha value is -0.800. The van der Waals surface area contributed by atoms with Crippen LogP contribution in [0.3, 0.4) is 0 Å². The van der Waals surface area contributed by atoms with Gasteiger partial charge < -0.3 is 11.5 Å². The number of hydrogen-bond donors (Lipinski definition) is 2. The van der Waals surface area contributed by atoms with Crippen LogP contribution < -0.4 is 11.5 Å². The second-order valence-electron chi connectivity index (χ2n) is 4.14. The third-order valence-electron chi connectivity index (χ3n) is 2.54. The topological polar surface area (TPSA) is 89.4 Å². The molecular weight excluding hydrogens is 373 g/mol. The first kappa shape index (κ1) is 22.2. The third kappa shape index (κ3) is 3.51. The normalized spacial score (nSPS) is 15.3. The summed E-state index contributed by atoms with van der Waals surface area (Å²) in [7, 11) is -6.62. The minimum Gasteiger partial charge on any atom is -0.329 e. The average molecular weight is 385 g/mol. The predicted molar refractivity (Wildman–Crippen MR) is 59.5 cm³/mol. The summed E-state index contributed by atoms with van der Waals surface area (Å²) < 4.78 is 137. The summed E-state index contributed by atoms with van der Waals surface area (Å²) in [5.74, 6) is -14.6. The van der Waals surface area contributed by atoms with Gasteiger partial charge in [-0.1, -0.05) is 0 Å². The summed E-state index contributed by atoms with van der Waals surface area (Å²) in [6, 6.07) is 0. The van der Waals surface area contributed by atoms with Crippen molar-refractivity contribution in [3.63, 3.8) is 0 Å². The number of nitrogens with two attached hydrogens (primary N) is 2. The van der Waals surface area contributed by atoms with Gasteiger partial charge in [0, 0.05) is 26.2 Å². The van der Waals surface area contributed by atoms with Crippen LogP contribution in [0.1, 0.15) is 0 Å². The molecule has 0 atom stereocenters. The second kappa shape index (κ2) is 6.60. The number of hydrogen-bond acceptors (Lipinski definition) is 4. The van der Waals surface area contributed by atoms with E-state index in [1.54, 1.807) is 0 Å². The van der Waals surface area contributed by atoms with Crippen LogP contribution in [0.25, 0.3) is 0 Å². The predicted octanol–water partition coefficient (Wildman–Crippen LogP) is 0.961. The number of halogens is 9. The quantitative estimate of drug-likeness (QED) is 0.610. The second-order valence-corrected chi connectivity index (χ2v) is 6.12. The highest BCUT2D eigenvalue weighted by atomic mass is 32.2. The van der Waals surface area contributed by atoms with Gasteiger partial charge in [0.2, 0.25) is 0 Å². The molecule has 0 rings (SSSR count). The van der Waals surface area contributed by atoms with Crippen LogP contribution in [0.2, 0.25) is 0 Å². The molecular formula is C8H12F9N3O2S. The average Bonchev–Trinajstić information content (AvgIpc) is 2.36. The van der Waals surface area contributed by atoms with E-state index in [0.29, 0.717) is 0 Å². The maximum atomic E-state index is 13.5. The van der Waals surface area contributed by atoms with Crippen LogP contribution in [0.5, 0.6) is 0 Å². The van der Waals surface area contributed by atoms with Crippen LogP contribution >= 0.6 is 0 Å². The lowest BCUT2D eigenvalue weighted by Gasteiger charge is -2.35. The molecule has 0 unspecified atom stereocenters. The van der Waals surface area contributed by atoms with Crippen LogP contribution in [-0.2, 0) is 10.0 Å². The van der Waals surface area contributed by atoms with Crippen LogP contribution in [0, 0.1) is 0 Å². The summed E-state index contributed by atoms with van der Waals surface area (Å²) in [5, 5.41) is -6.76. The van der Waals surface area contributed by atoms with E-state index in [0.717, 1.165) is 0 Å². The van der Waals surface area contributed by atoms with Crippen molar-refractivity contribution < 1.29 is 47.9 Å². The molecule has 23 heavy (non-hydrogen) atoms. The fourth-order valence-electron chi connectivity index (χ4n) is 1.33. The van der Waals surface area contributed by atoms with Gasteiger partial charge in [-0.3, -0.25) is 0 Å². The molecule has 0 radical (unpaired) electrons. The van der Waals surface area contributed by atoms with Gasteiger partial charge in [0.25, 0.3) is 10.0 Å². The molecule has 0 aromatic heterocycles. The SMILES string of the molecule is NCCN(CCN)S(=O)(=O)C(F)(F)C(F)(F)C(F)(F)C(F)(F)F. The summed E-state index contributed by atoms with van der Waals surface area (Å²) in [6.07, 6.45) is -7.11. The van der Waals surface area contributed by atoms with E-state index in [2.05, 4.69) is 0 Å². The maximum absolute atomic E-state index is 13.5. The van der Waals surface area contributed by atoms with Gasteiger partial charge in [-0.25, -0.2) is 8.42 Å².